The molecule has 0 bridgehead atoms. The molecule has 2 aromatic heterocycles. The highest BCUT2D eigenvalue weighted by Crippen LogP contribution is 2.02. The molecule has 0 radical (unpaired) electrons. The molecule has 2 aromatic rings. The molecule has 27 heavy (non-hydrogen) atoms. The lowest BCUT2D eigenvalue weighted by molar-refractivity contribution is -0.117. The van der Waals surface area contributed by atoms with Gasteiger partial charge in [0.2, 0.25) is 0 Å². The van der Waals surface area contributed by atoms with Crippen LogP contribution < -0.4 is 22.2 Å². The van der Waals surface area contributed by atoms with Crippen LogP contribution in [0.5, 0.6) is 0 Å². The van der Waals surface area contributed by atoms with E-state index in [4.69, 9.17) is 11.6 Å². The predicted octanol–water partition coefficient (Wildman–Crippen LogP) is 0.0956. The van der Waals surface area contributed by atoms with Gasteiger partial charge in [0, 0.05) is 44.8 Å². The molecule has 146 valence electrons. The fraction of sp³-hybridized carbons (Fsp3) is 0.412. The number of hydrogen-bond acceptors (Lipinski definition) is 8. The van der Waals surface area contributed by atoms with Gasteiger partial charge in [0.1, 0.15) is 5.70 Å². The summed E-state index contributed by atoms with van der Waals surface area (Å²) in [5.41, 5.74) is 7.69. The van der Waals surface area contributed by atoms with Crippen LogP contribution in [-0.2, 0) is 17.9 Å². The topological polar surface area (TPSA) is 140 Å². The van der Waals surface area contributed by atoms with Crippen LogP contribution in [-0.4, -0.2) is 44.5 Å². The summed E-state index contributed by atoms with van der Waals surface area (Å²) in [5.74, 6) is 6.25. The maximum Gasteiger partial charge on any atom is 0.268 e. The first-order chi connectivity index (χ1) is 13.0. The number of rotatable bonds is 10. The number of nitrogens with one attached hydrogen (secondary N) is 2. The monoisotopic (exact) mass is 373 g/mol. The molecular formula is C17H27N9O. The van der Waals surface area contributed by atoms with Crippen molar-refractivity contribution in [3.05, 3.63) is 47.7 Å². The quantitative estimate of drug-likeness (QED) is 0.199. The summed E-state index contributed by atoms with van der Waals surface area (Å²) in [6.07, 6.45) is 6.70. The minimum Gasteiger partial charge on any atom is -0.393 e. The van der Waals surface area contributed by atoms with Crippen molar-refractivity contribution in [2.24, 2.45) is 11.6 Å². The number of anilines is 1. The average Bonchev–Trinajstić information content (AvgIpc) is 3.12. The van der Waals surface area contributed by atoms with Crippen molar-refractivity contribution in [2.75, 3.05) is 18.9 Å². The highest BCUT2D eigenvalue weighted by molar-refractivity contribution is 5.92. The molecule has 0 aliphatic rings. The first-order valence-electron chi connectivity index (χ1n) is 8.74. The van der Waals surface area contributed by atoms with Crippen molar-refractivity contribution in [1.29, 1.82) is 0 Å². The van der Waals surface area contributed by atoms with E-state index >= 15 is 0 Å². The maximum atomic E-state index is 12.0. The highest BCUT2D eigenvalue weighted by atomic mass is 16.2. The SMILES string of the molecule is CNc1cn(CCCCN(N)/C=C(\N)C(=O)NCc2ccc(C)nc2)nn1. The lowest BCUT2D eigenvalue weighted by atomic mass is 10.2. The molecule has 2 rings (SSSR count). The third kappa shape index (κ3) is 6.94. The normalized spacial score (nSPS) is 11.3. The number of carbonyl (C=O) groups is 1. The lowest BCUT2D eigenvalue weighted by Gasteiger charge is -2.14. The molecule has 0 saturated heterocycles. The van der Waals surface area contributed by atoms with Gasteiger partial charge in [0.25, 0.3) is 5.91 Å². The largest absolute Gasteiger partial charge is 0.393 e. The fourth-order valence-corrected chi connectivity index (χ4v) is 2.28. The molecule has 0 aromatic carbocycles. The second kappa shape index (κ2) is 10.1. The Morgan fingerprint density at radius 1 is 1.37 bits per heavy atom. The molecule has 0 fully saturated rings. The number of nitrogens with two attached hydrogens (primary N) is 2. The van der Waals surface area contributed by atoms with Crippen molar-refractivity contribution in [3.63, 3.8) is 0 Å². The zero-order valence-corrected chi connectivity index (χ0v) is 15.7. The van der Waals surface area contributed by atoms with Crippen LogP contribution in [0.25, 0.3) is 0 Å². The molecule has 0 unspecified atom stereocenters. The molecule has 2 heterocycles. The summed E-state index contributed by atoms with van der Waals surface area (Å²) < 4.78 is 1.77. The van der Waals surface area contributed by atoms with E-state index in [1.165, 1.54) is 11.2 Å². The van der Waals surface area contributed by atoms with Gasteiger partial charge in [0.15, 0.2) is 5.82 Å². The van der Waals surface area contributed by atoms with Gasteiger partial charge in [-0.15, -0.1) is 5.10 Å². The van der Waals surface area contributed by atoms with Crippen molar-refractivity contribution in [1.82, 2.24) is 30.3 Å². The second-order valence-corrected chi connectivity index (χ2v) is 6.14. The molecular weight excluding hydrogens is 346 g/mol. The molecule has 0 aliphatic carbocycles. The Bertz CT molecular complexity index is 754. The summed E-state index contributed by atoms with van der Waals surface area (Å²) in [5, 5.41) is 15.0. The third-order valence-corrected chi connectivity index (χ3v) is 3.84. The van der Waals surface area contributed by atoms with Gasteiger partial charge in [-0.1, -0.05) is 11.3 Å². The summed E-state index contributed by atoms with van der Waals surface area (Å²) in [6.45, 7) is 3.58. The number of hydrogen-bond donors (Lipinski definition) is 4. The molecule has 0 spiro atoms. The van der Waals surface area contributed by atoms with Gasteiger partial charge in [-0.2, -0.15) is 0 Å². The van der Waals surface area contributed by atoms with E-state index in [0.717, 1.165) is 36.5 Å². The Labute approximate surface area is 158 Å². The fourth-order valence-electron chi connectivity index (χ4n) is 2.28. The average molecular weight is 373 g/mol. The van der Waals surface area contributed by atoms with Crippen LogP contribution in [0.2, 0.25) is 0 Å². The van der Waals surface area contributed by atoms with Crippen molar-refractivity contribution >= 4 is 11.7 Å². The molecule has 1 amide bonds. The van der Waals surface area contributed by atoms with Gasteiger partial charge in [-0.05, 0) is 31.4 Å². The van der Waals surface area contributed by atoms with Crippen LogP contribution in [0.4, 0.5) is 5.82 Å². The van der Waals surface area contributed by atoms with Gasteiger partial charge >= 0.3 is 0 Å². The number of aryl methyl sites for hydroxylation is 2. The first kappa shape index (κ1) is 20.2. The van der Waals surface area contributed by atoms with Gasteiger partial charge in [-0.25, -0.2) is 5.84 Å². The Morgan fingerprint density at radius 3 is 2.85 bits per heavy atom. The molecule has 0 saturated carbocycles. The standard InChI is InChI=1S/C17H27N9O/c1-13-5-6-14(9-21-13)10-22-17(27)15(18)11-25(19)7-3-4-8-26-12-16(20-2)23-24-26/h5-6,9,11-12,20H,3-4,7-8,10,18-19H2,1-2H3,(H,22,27)/b15-11-. The summed E-state index contributed by atoms with van der Waals surface area (Å²) >= 11 is 0. The smallest absolute Gasteiger partial charge is 0.268 e. The first-order valence-corrected chi connectivity index (χ1v) is 8.74. The van der Waals surface area contributed by atoms with E-state index in [1.807, 2.05) is 25.3 Å². The van der Waals surface area contributed by atoms with Crippen LogP contribution in [0, 0.1) is 6.92 Å². The van der Waals surface area contributed by atoms with Gasteiger partial charge < -0.3 is 21.4 Å². The van der Waals surface area contributed by atoms with E-state index in [9.17, 15) is 4.79 Å². The van der Waals surface area contributed by atoms with E-state index in [-0.39, 0.29) is 11.6 Å². The van der Waals surface area contributed by atoms with Gasteiger partial charge in [-0.3, -0.25) is 14.5 Å². The van der Waals surface area contributed by atoms with Crippen LogP contribution in [0.3, 0.4) is 0 Å². The second-order valence-electron chi connectivity index (χ2n) is 6.14. The van der Waals surface area contributed by atoms with Crippen LogP contribution >= 0.6 is 0 Å². The lowest BCUT2D eigenvalue weighted by Crippen LogP contribution is -2.33. The predicted molar refractivity (Wildman–Crippen MR) is 103 cm³/mol. The number of carbonyl (C=O) groups excluding carboxylic acids is 1. The van der Waals surface area contributed by atoms with Crippen LogP contribution in [0.15, 0.2) is 36.4 Å². The van der Waals surface area contributed by atoms with E-state index in [1.54, 1.807) is 17.9 Å². The number of pyridine rings is 1. The number of aromatic nitrogens is 4. The van der Waals surface area contributed by atoms with Crippen LogP contribution in [0.1, 0.15) is 24.1 Å². The number of nitrogens with zero attached hydrogens (tertiary/aromatic N) is 5. The Kier molecular flexibility index (Phi) is 7.56. The third-order valence-electron chi connectivity index (χ3n) is 3.84. The molecule has 0 atom stereocenters. The minimum atomic E-state index is -0.367. The Balaban J connectivity index is 1.68. The zero-order valence-electron chi connectivity index (χ0n) is 15.7. The van der Waals surface area contributed by atoms with Gasteiger partial charge in [0.05, 0.1) is 6.20 Å². The minimum absolute atomic E-state index is 0.0625. The number of amides is 1. The highest BCUT2D eigenvalue weighted by Gasteiger charge is 2.07. The summed E-state index contributed by atoms with van der Waals surface area (Å²) in [4.78, 5) is 16.2. The van der Waals surface area contributed by atoms with E-state index in [0.29, 0.717) is 13.1 Å². The van der Waals surface area contributed by atoms with E-state index < -0.39 is 0 Å². The van der Waals surface area contributed by atoms with Crippen molar-refractivity contribution in [2.45, 2.75) is 32.9 Å². The Hall–Kier alpha value is -3.14. The Morgan fingerprint density at radius 2 is 2.19 bits per heavy atom. The molecule has 10 heteroatoms. The van der Waals surface area contributed by atoms with Crippen molar-refractivity contribution < 1.29 is 4.79 Å². The summed E-state index contributed by atoms with van der Waals surface area (Å²) in [6, 6.07) is 3.80. The molecule has 10 nitrogen and oxygen atoms in total. The maximum absolute atomic E-state index is 12.0. The number of unbranched alkanes of at least 4 members (excludes halogenated alkanes) is 1. The van der Waals surface area contributed by atoms with Crippen molar-refractivity contribution in [3.8, 4) is 0 Å². The molecule has 6 N–H and O–H groups in total. The van der Waals surface area contributed by atoms with E-state index in [2.05, 4.69) is 25.9 Å². The summed E-state index contributed by atoms with van der Waals surface area (Å²) in [7, 11) is 1.80. The number of hydrazine groups is 1. The molecule has 0 aliphatic heterocycles. The zero-order chi connectivity index (χ0) is 19.6.